The topological polar surface area (TPSA) is 78.9 Å². The van der Waals surface area contributed by atoms with Crippen LogP contribution in [0, 0.1) is 0 Å². The van der Waals surface area contributed by atoms with Crippen molar-refractivity contribution in [1.82, 2.24) is 19.8 Å². The molecule has 8 heteroatoms. The van der Waals surface area contributed by atoms with Crippen molar-refractivity contribution < 1.29 is 14.3 Å². The monoisotopic (exact) mass is 291 g/mol. The van der Waals surface area contributed by atoms with Crippen LogP contribution in [0.2, 0.25) is 0 Å². The predicted molar refractivity (Wildman–Crippen MR) is 73.9 cm³/mol. The Morgan fingerprint density at radius 1 is 1.24 bits per heavy atom. The fourth-order valence-corrected chi connectivity index (χ4v) is 2.79. The summed E-state index contributed by atoms with van der Waals surface area (Å²) in [5.74, 6) is 0.983. The van der Waals surface area contributed by atoms with E-state index in [0.717, 1.165) is 0 Å². The van der Waals surface area contributed by atoms with Gasteiger partial charge in [0.05, 0.1) is 13.7 Å². The first-order valence-electron chi connectivity index (χ1n) is 6.76. The second-order valence-electron chi connectivity index (χ2n) is 5.13. The van der Waals surface area contributed by atoms with E-state index < -0.39 is 6.04 Å². The second kappa shape index (κ2) is 5.19. The summed E-state index contributed by atoms with van der Waals surface area (Å²) < 4.78 is 5.21. The lowest BCUT2D eigenvalue weighted by molar-refractivity contribution is -0.154. The van der Waals surface area contributed by atoms with Crippen LogP contribution in [0.1, 0.15) is 0 Å². The van der Waals surface area contributed by atoms with Crippen molar-refractivity contribution in [2.24, 2.45) is 0 Å². The number of ether oxygens (including phenoxy) is 1. The number of piperazine rings is 2. The van der Waals surface area contributed by atoms with E-state index in [2.05, 4.69) is 9.97 Å². The van der Waals surface area contributed by atoms with E-state index >= 15 is 0 Å². The lowest BCUT2D eigenvalue weighted by Gasteiger charge is -2.45. The number of anilines is 1. The van der Waals surface area contributed by atoms with E-state index in [9.17, 15) is 9.59 Å². The van der Waals surface area contributed by atoms with Gasteiger partial charge in [0.2, 0.25) is 11.8 Å². The summed E-state index contributed by atoms with van der Waals surface area (Å²) in [5.41, 5.74) is 0. The Bertz CT molecular complexity index is 579. The summed E-state index contributed by atoms with van der Waals surface area (Å²) in [7, 11) is 3.19. The molecule has 112 valence electrons. The van der Waals surface area contributed by atoms with E-state index in [1.165, 1.54) is 12.0 Å². The Labute approximate surface area is 122 Å². The molecule has 3 heterocycles. The minimum atomic E-state index is -0.461. The molecule has 0 aliphatic carbocycles. The fourth-order valence-electron chi connectivity index (χ4n) is 2.79. The van der Waals surface area contributed by atoms with E-state index in [0.29, 0.717) is 31.3 Å². The number of nitrogens with zero attached hydrogens (tertiary/aromatic N) is 5. The summed E-state index contributed by atoms with van der Waals surface area (Å²) in [6.07, 6.45) is 3.14. The van der Waals surface area contributed by atoms with Crippen LogP contribution >= 0.6 is 0 Å². The molecule has 0 bridgehead atoms. The average Bonchev–Trinajstić information content (AvgIpc) is 2.52. The predicted octanol–water partition coefficient (Wildman–Crippen LogP) is -1.03. The highest BCUT2D eigenvalue weighted by atomic mass is 16.5. The normalized spacial score (nSPS) is 22.4. The molecule has 1 aromatic heterocycles. The highest BCUT2D eigenvalue weighted by Crippen LogP contribution is 2.26. The van der Waals surface area contributed by atoms with Crippen molar-refractivity contribution in [3.63, 3.8) is 0 Å². The summed E-state index contributed by atoms with van der Waals surface area (Å²) in [5, 5.41) is 0. The minimum absolute atomic E-state index is 0.00661. The van der Waals surface area contributed by atoms with Crippen LogP contribution in [0.5, 0.6) is 5.88 Å². The van der Waals surface area contributed by atoms with Crippen molar-refractivity contribution >= 4 is 17.6 Å². The number of carbonyl (C=O) groups is 2. The van der Waals surface area contributed by atoms with E-state index in [1.54, 1.807) is 24.3 Å². The molecule has 0 saturated carbocycles. The maximum absolute atomic E-state index is 12.3. The molecule has 0 aromatic carbocycles. The van der Waals surface area contributed by atoms with Crippen LogP contribution in [-0.4, -0.2) is 78.0 Å². The summed E-state index contributed by atoms with van der Waals surface area (Å²) in [4.78, 5) is 37.8. The number of hydrogen-bond acceptors (Lipinski definition) is 6. The van der Waals surface area contributed by atoms with Crippen molar-refractivity contribution in [2.75, 3.05) is 45.2 Å². The molecule has 2 fully saturated rings. The van der Waals surface area contributed by atoms with Crippen LogP contribution in [0.4, 0.5) is 5.82 Å². The molecule has 3 rings (SSSR count). The zero-order valence-electron chi connectivity index (χ0n) is 12.0. The molecule has 21 heavy (non-hydrogen) atoms. The Hall–Kier alpha value is -2.38. The molecule has 1 aromatic rings. The number of rotatable bonds is 2. The molecular formula is C13H17N5O3. The van der Waals surface area contributed by atoms with Crippen molar-refractivity contribution in [1.29, 1.82) is 0 Å². The molecule has 1 atom stereocenters. The van der Waals surface area contributed by atoms with Crippen molar-refractivity contribution in [2.45, 2.75) is 6.04 Å². The summed E-state index contributed by atoms with van der Waals surface area (Å²) >= 11 is 0. The largest absolute Gasteiger partial charge is 0.478 e. The van der Waals surface area contributed by atoms with Gasteiger partial charge in [0, 0.05) is 39.1 Å². The summed E-state index contributed by atoms with van der Waals surface area (Å²) in [6.45, 7) is 1.67. The van der Waals surface area contributed by atoms with Gasteiger partial charge in [-0.1, -0.05) is 0 Å². The highest BCUT2D eigenvalue weighted by Gasteiger charge is 2.41. The third-order valence-corrected chi connectivity index (χ3v) is 3.87. The lowest BCUT2D eigenvalue weighted by atomic mass is 10.1. The van der Waals surface area contributed by atoms with Gasteiger partial charge in [0.25, 0.3) is 5.88 Å². The Morgan fingerprint density at radius 3 is 2.76 bits per heavy atom. The molecule has 2 aliphatic heterocycles. The maximum atomic E-state index is 12.3. The molecule has 2 aliphatic rings. The highest BCUT2D eigenvalue weighted by molar-refractivity contribution is 5.95. The fraction of sp³-hybridized carbons (Fsp3) is 0.538. The zero-order chi connectivity index (χ0) is 15.0. The van der Waals surface area contributed by atoms with Crippen molar-refractivity contribution in [3.8, 4) is 5.88 Å². The number of likely N-dealkylation sites (N-methyl/N-ethyl adjacent to an activating group) is 1. The molecule has 0 N–H and O–H groups in total. The third-order valence-electron chi connectivity index (χ3n) is 3.87. The standard InChI is InChI=1S/C13H17N5O3/c1-16-8-10(19)18-6-5-17(7-9(18)13(16)20)11-12(21-2)15-4-3-14-11/h3-4,9H,5-8H2,1-2H3. The third kappa shape index (κ3) is 2.26. The Balaban J connectivity index is 1.85. The van der Waals surface area contributed by atoms with E-state index in [1.807, 2.05) is 4.90 Å². The number of amides is 2. The van der Waals surface area contributed by atoms with E-state index in [4.69, 9.17) is 4.74 Å². The second-order valence-corrected chi connectivity index (χ2v) is 5.13. The molecule has 0 spiro atoms. The van der Waals surface area contributed by atoms with Gasteiger partial charge in [-0.3, -0.25) is 9.59 Å². The molecule has 8 nitrogen and oxygen atoms in total. The molecule has 0 radical (unpaired) electrons. The van der Waals surface area contributed by atoms with Crippen LogP contribution < -0.4 is 9.64 Å². The number of carbonyl (C=O) groups excluding carboxylic acids is 2. The quantitative estimate of drug-likeness (QED) is 0.693. The van der Waals surface area contributed by atoms with Gasteiger partial charge in [0.15, 0.2) is 5.82 Å². The molecule has 2 amide bonds. The lowest BCUT2D eigenvalue weighted by Crippen LogP contribution is -2.66. The Kier molecular flexibility index (Phi) is 3.36. The molecule has 2 saturated heterocycles. The van der Waals surface area contributed by atoms with Crippen LogP contribution in [-0.2, 0) is 9.59 Å². The number of aromatic nitrogens is 2. The minimum Gasteiger partial charge on any atom is -0.478 e. The SMILES string of the molecule is COc1nccnc1N1CCN2C(=O)CN(C)C(=O)C2C1. The van der Waals surface area contributed by atoms with Gasteiger partial charge in [0.1, 0.15) is 6.04 Å². The van der Waals surface area contributed by atoms with Crippen LogP contribution in [0.3, 0.4) is 0 Å². The zero-order valence-corrected chi connectivity index (χ0v) is 12.0. The van der Waals surface area contributed by atoms with Crippen LogP contribution in [0.15, 0.2) is 12.4 Å². The van der Waals surface area contributed by atoms with Crippen molar-refractivity contribution in [3.05, 3.63) is 12.4 Å². The van der Waals surface area contributed by atoms with Gasteiger partial charge in [-0.15, -0.1) is 0 Å². The van der Waals surface area contributed by atoms with Gasteiger partial charge in [-0.25, -0.2) is 9.97 Å². The molecular weight excluding hydrogens is 274 g/mol. The van der Waals surface area contributed by atoms with Gasteiger partial charge >= 0.3 is 0 Å². The van der Waals surface area contributed by atoms with Gasteiger partial charge < -0.3 is 19.4 Å². The first-order chi connectivity index (χ1) is 10.1. The maximum Gasteiger partial charge on any atom is 0.257 e. The molecule has 1 unspecified atom stereocenters. The number of hydrogen-bond donors (Lipinski definition) is 0. The smallest absolute Gasteiger partial charge is 0.257 e. The summed E-state index contributed by atoms with van der Waals surface area (Å²) in [6, 6.07) is -0.461. The number of methoxy groups -OCH3 is 1. The first kappa shape index (κ1) is 13.6. The Morgan fingerprint density at radius 2 is 2.00 bits per heavy atom. The van der Waals surface area contributed by atoms with E-state index in [-0.39, 0.29) is 18.4 Å². The first-order valence-corrected chi connectivity index (χ1v) is 6.76. The van der Waals surface area contributed by atoms with Crippen LogP contribution in [0.25, 0.3) is 0 Å². The number of fused-ring (bicyclic) bond motifs is 1. The van der Waals surface area contributed by atoms with Gasteiger partial charge in [-0.2, -0.15) is 0 Å². The average molecular weight is 291 g/mol. The van der Waals surface area contributed by atoms with Gasteiger partial charge in [-0.05, 0) is 0 Å².